The van der Waals surface area contributed by atoms with E-state index < -0.39 is 0 Å². The van der Waals surface area contributed by atoms with Crippen molar-refractivity contribution < 1.29 is 5.11 Å². The fourth-order valence-electron chi connectivity index (χ4n) is 2.41. The number of nitrogens with one attached hydrogen (secondary N) is 3. The summed E-state index contributed by atoms with van der Waals surface area (Å²) >= 11 is 1.77. The molecule has 0 amide bonds. The Morgan fingerprint density at radius 1 is 1.18 bits per heavy atom. The molecule has 1 aromatic carbocycles. The lowest BCUT2D eigenvalue weighted by molar-refractivity contribution is 0.475. The summed E-state index contributed by atoms with van der Waals surface area (Å²) in [6, 6.07) is 6.79. The van der Waals surface area contributed by atoms with Crippen LogP contribution in [0.1, 0.15) is 22.5 Å². The molecule has 0 aliphatic rings. The third-order valence-corrected chi connectivity index (χ3v) is 4.89. The van der Waals surface area contributed by atoms with Gasteiger partial charge in [0, 0.05) is 41.9 Å². The predicted octanol–water partition coefficient (Wildman–Crippen LogP) is 3.29. The Bertz CT molecular complexity index is 915. The second kappa shape index (κ2) is 11.6. The van der Waals surface area contributed by atoms with Gasteiger partial charge < -0.3 is 15.4 Å². The number of hydrogen-bond donors (Lipinski definition) is 4. The minimum atomic E-state index is -0.157. The summed E-state index contributed by atoms with van der Waals surface area (Å²) < 4.78 is 0. The number of halogens is 2. The van der Waals surface area contributed by atoms with Gasteiger partial charge >= 0.3 is 0 Å². The van der Waals surface area contributed by atoms with Gasteiger partial charge in [-0.3, -0.25) is 9.78 Å². The van der Waals surface area contributed by atoms with Crippen molar-refractivity contribution in [1.82, 2.24) is 19.9 Å². The minimum absolute atomic E-state index is 0. The number of anilines is 1. The highest BCUT2D eigenvalue weighted by Gasteiger charge is 2.05. The van der Waals surface area contributed by atoms with Crippen LogP contribution in [0.2, 0.25) is 0 Å². The molecule has 3 rings (SSSR count). The first-order chi connectivity index (χ1) is 12.6. The molecule has 10 heteroatoms. The quantitative estimate of drug-likeness (QED) is 0.398. The molecule has 0 saturated carbocycles. The highest BCUT2D eigenvalue weighted by molar-refractivity contribution is 7.98. The maximum Gasteiger partial charge on any atom is 0.255 e. The maximum atomic E-state index is 12.2. The first-order valence-electron chi connectivity index (χ1n) is 8.28. The van der Waals surface area contributed by atoms with E-state index in [4.69, 9.17) is 0 Å². The molecule has 4 N–H and O–H groups in total. The van der Waals surface area contributed by atoms with E-state index in [9.17, 15) is 9.90 Å². The molecule has 3 aromatic rings. The number of hydrogen-bond acceptors (Lipinski definition) is 6. The summed E-state index contributed by atoms with van der Waals surface area (Å²) in [5, 5.41) is 12.4. The monoisotopic (exact) mass is 443 g/mol. The van der Waals surface area contributed by atoms with Gasteiger partial charge in [-0.25, -0.2) is 9.97 Å². The number of rotatable bonds is 8. The average Bonchev–Trinajstić information content (AvgIpc) is 3.04. The third kappa shape index (κ3) is 6.78. The van der Waals surface area contributed by atoms with Gasteiger partial charge in [-0.2, -0.15) is 11.8 Å². The molecule has 0 radical (unpaired) electrons. The van der Waals surface area contributed by atoms with E-state index in [2.05, 4.69) is 25.3 Å². The fraction of sp³-hybridized carbons (Fsp3) is 0.278. The number of aromatic nitrogens is 4. The van der Waals surface area contributed by atoms with E-state index in [1.807, 2.05) is 6.92 Å². The lowest BCUT2D eigenvalue weighted by Crippen LogP contribution is -2.18. The fourth-order valence-corrected chi connectivity index (χ4v) is 3.29. The lowest BCUT2D eigenvalue weighted by atomic mass is 10.1. The lowest BCUT2D eigenvalue weighted by Gasteiger charge is -2.06. The van der Waals surface area contributed by atoms with Crippen LogP contribution in [0, 0.1) is 6.92 Å². The molecule has 2 aromatic heterocycles. The number of aromatic hydroxyl groups is 1. The predicted molar refractivity (Wildman–Crippen MR) is 118 cm³/mol. The highest BCUT2D eigenvalue weighted by atomic mass is 35.5. The van der Waals surface area contributed by atoms with Crippen molar-refractivity contribution in [2.24, 2.45) is 0 Å². The van der Waals surface area contributed by atoms with Crippen LogP contribution in [0.5, 0.6) is 5.75 Å². The second-order valence-electron chi connectivity index (χ2n) is 5.88. The summed E-state index contributed by atoms with van der Waals surface area (Å²) in [6.07, 6.45) is 3.77. The third-order valence-electron chi connectivity index (χ3n) is 3.92. The Hall–Kier alpha value is -2.16. The molecule has 0 atom stereocenters. The van der Waals surface area contributed by atoms with Crippen LogP contribution in [-0.2, 0) is 12.2 Å². The number of benzene rings is 1. The number of aryl methyl sites for hydroxylation is 1. The van der Waals surface area contributed by atoms with Crippen molar-refractivity contribution in [2.75, 3.05) is 17.6 Å². The molecule has 0 unspecified atom stereocenters. The summed E-state index contributed by atoms with van der Waals surface area (Å²) in [6.45, 7) is 2.71. The first-order valence-corrected chi connectivity index (χ1v) is 9.44. The Labute approximate surface area is 179 Å². The second-order valence-corrected chi connectivity index (χ2v) is 6.99. The van der Waals surface area contributed by atoms with Crippen molar-refractivity contribution in [1.29, 1.82) is 0 Å². The Morgan fingerprint density at radius 3 is 2.57 bits per heavy atom. The number of thioether (sulfide) groups is 1. The summed E-state index contributed by atoms with van der Waals surface area (Å²) in [5.41, 5.74) is 3.54. The smallest absolute Gasteiger partial charge is 0.255 e. The molecule has 28 heavy (non-hydrogen) atoms. The van der Waals surface area contributed by atoms with Crippen molar-refractivity contribution >= 4 is 42.5 Å². The topological polar surface area (TPSA) is 107 Å². The number of nitrogens with zero attached hydrogens (tertiary/aromatic N) is 2. The molecule has 2 heterocycles. The van der Waals surface area contributed by atoms with E-state index in [-0.39, 0.29) is 36.1 Å². The van der Waals surface area contributed by atoms with E-state index in [1.54, 1.807) is 48.6 Å². The maximum absolute atomic E-state index is 12.2. The normalized spacial score (nSPS) is 10.0. The van der Waals surface area contributed by atoms with Crippen LogP contribution in [-0.4, -0.2) is 37.3 Å². The summed E-state index contributed by atoms with van der Waals surface area (Å²) in [7, 11) is 0. The largest absolute Gasteiger partial charge is 0.508 e. The summed E-state index contributed by atoms with van der Waals surface area (Å²) in [4.78, 5) is 26.6. The molecule has 0 bridgehead atoms. The number of imidazole rings is 1. The van der Waals surface area contributed by atoms with Gasteiger partial charge in [0.1, 0.15) is 5.75 Å². The number of H-pyrrole nitrogens is 2. The highest BCUT2D eigenvalue weighted by Crippen LogP contribution is 2.13. The number of phenolic OH excluding ortho intramolecular Hbond substituents is 1. The van der Waals surface area contributed by atoms with Crippen LogP contribution >= 0.6 is 36.6 Å². The van der Waals surface area contributed by atoms with Crippen LogP contribution in [0.15, 0.2) is 41.6 Å². The SMILES string of the molecule is Cc1[nH]cnc1CSCCNc1ncc(Cc2ccc(O)cc2)c(=O)[nH]1.Cl.Cl. The van der Waals surface area contributed by atoms with Gasteiger partial charge in [0.25, 0.3) is 5.56 Å². The van der Waals surface area contributed by atoms with Gasteiger partial charge in [0.2, 0.25) is 5.95 Å². The van der Waals surface area contributed by atoms with Crippen LogP contribution in [0.4, 0.5) is 5.95 Å². The van der Waals surface area contributed by atoms with Gasteiger partial charge in [-0.15, -0.1) is 24.8 Å². The van der Waals surface area contributed by atoms with Gasteiger partial charge in [-0.1, -0.05) is 12.1 Å². The minimum Gasteiger partial charge on any atom is -0.508 e. The summed E-state index contributed by atoms with van der Waals surface area (Å²) in [5.74, 6) is 2.42. The number of aromatic amines is 2. The molecular weight excluding hydrogens is 421 g/mol. The molecule has 0 aliphatic carbocycles. The molecule has 0 fully saturated rings. The Morgan fingerprint density at radius 2 is 1.93 bits per heavy atom. The van der Waals surface area contributed by atoms with Gasteiger partial charge in [0.05, 0.1) is 12.0 Å². The molecule has 7 nitrogen and oxygen atoms in total. The van der Waals surface area contributed by atoms with Crippen molar-refractivity contribution in [3.05, 3.63) is 69.7 Å². The van der Waals surface area contributed by atoms with E-state index in [0.29, 0.717) is 24.5 Å². The van der Waals surface area contributed by atoms with Gasteiger partial charge in [-0.05, 0) is 24.6 Å². The molecule has 0 spiro atoms. The number of phenols is 1. The average molecular weight is 444 g/mol. The molecule has 0 aliphatic heterocycles. The van der Waals surface area contributed by atoms with Crippen molar-refractivity contribution in [3.63, 3.8) is 0 Å². The zero-order valence-corrected chi connectivity index (χ0v) is 17.7. The first kappa shape index (κ1) is 23.9. The van der Waals surface area contributed by atoms with Gasteiger partial charge in [0.15, 0.2) is 0 Å². The molecular formula is C18H23Cl2N5O2S. The Kier molecular flexibility index (Phi) is 9.92. The van der Waals surface area contributed by atoms with Crippen LogP contribution in [0.3, 0.4) is 0 Å². The molecule has 152 valence electrons. The van der Waals surface area contributed by atoms with Crippen molar-refractivity contribution in [2.45, 2.75) is 19.1 Å². The van der Waals surface area contributed by atoms with E-state index in [1.165, 1.54) is 0 Å². The van der Waals surface area contributed by atoms with Crippen LogP contribution < -0.4 is 10.9 Å². The Balaban J connectivity index is 0.00000196. The van der Waals surface area contributed by atoms with Crippen LogP contribution in [0.25, 0.3) is 0 Å². The zero-order chi connectivity index (χ0) is 18.4. The van der Waals surface area contributed by atoms with E-state index >= 15 is 0 Å². The zero-order valence-electron chi connectivity index (χ0n) is 15.3. The molecule has 0 saturated heterocycles. The standard InChI is InChI=1S/C18H21N5O2S.2ClH/c1-12-16(22-11-21-12)10-26-7-6-19-18-20-9-14(17(25)23-18)8-13-2-4-15(24)5-3-13;;/h2-5,9,11,24H,6-8,10H2,1H3,(H,21,22)(H2,19,20,23,25);2*1H. The van der Waals surface area contributed by atoms with E-state index in [0.717, 1.165) is 28.5 Å². The van der Waals surface area contributed by atoms with Crippen molar-refractivity contribution in [3.8, 4) is 5.75 Å².